The van der Waals surface area contributed by atoms with Gasteiger partial charge in [0.2, 0.25) is 0 Å². The van der Waals surface area contributed by atoms with Crippen molar-refractivity contribution in [2.75, 3.05) is 19.3 Å². The summed E-state index contributed by atoms with van der Waals surface area (Å²) in [6.45, 7) is 1.29. The number of carbonyl (C=O) groups excluding carboxylic acids is 1. The van der Waals surface area contributed by atoms with E-state index < -0.39 is 16.3 Å². The topological polar surface area (TPSA) is 91.3 Å². The Morgan fingerprint density at radius 3 is 2.89 bits per heavy atom. The summed E-state index contributed by atoms with van der Waals surface area (Å²) in [5.74, 6) is 0.549. The van der Waals surface area contributed by atoms with Gasteiger partial charge in [-0.05, 0) is 12.8 Å². The number of rotatable bonds is 2. The van der Waals surface area contributed by atoms with Crippen molar-refractivity contribution in [1.29, 1.82) is 0 Å². The Balaban J connectivity index is 1.93. The van der Waals surface area contributed by atoms with E-state index in [1.54, 1.807) is 4.90 Å². The lowest BCUT2D eigenvalue weighted by atomic mass is 10.2. The van der Waals surface area contributed by atoms with Crippen molar-refractivity contribution in [3.05, 3.63) is 0 Å². The molecule has 3 rings (SSSR count). The quantitative estimate of drug-likeness (QED) is 0.691. The number of nitrogens with one attached hydrogen (secondary N) is 1. The maximum absolute atomic E-state index is 12.3. The molecule has 9 heteroatoms. The fourth-order valence-corrected chi connectivity index (χ4v) is 3.41. The normalized spacial score (nSPS) is 30.6. The van der Waals surface area contributed by atoms with Crippen LogP contribution in [0.15, 0.2) is 5.10 Å². The van der Waals surface area contributed by atoms with Crippen molar-refractivity contribution < 1.29 is 17.4 Å². The average Bonchev–Trinajstić information content (AvgIpc) is 2.99. The van der Waals surface area contributed by atoms with E-state index in [4.69, 9.17) is 4.18 Å². The molecule has 0 aliphatic carbocycles. The zero-order valence-electron chi connectivity index (χ0n) is 10.6. The molecule has 3 aliphatic rings. The van der Waals surface area contributed by atoms with Crippen LogP contribution in [0.1, 0.15) is 19.3 Å². The molecule has 2 atom stereocenters. The van der Waals surface area contributed by atoms with Crippen LogP contribution in [0.3, 0.4) is 0 Å². The highest BCUT2D eigenvalue weighted by Crippen LogP contribution is 2.33. The largest absolute Gasteiger partial charge is 0.328 e. The summed E-state index contributed by atoms with van der Waals surface area (Å²) in [7, 11) is -3.63. The predicted octanol–water partition coefficient (Wildman–Crippen LogP) is -0.504. The highest BCUT2D eigenvalue weighted by molar-refractivity contribution is 7.86. The number of nitrogens with zero attached hydrogens (tertiary/aromatic N) is 3. The molecule has 8 nitrogen and oxygen atoms in total. The van der Waals surface area contributed by atoms with Gasteiger partial charge in [0, 0.05) is 19.5 Å². The minimum atomic E-state index is -3.63. The van der Waals surface area contributed by atoms with Crippen molar-refractivity contribution >= 4 is 22.0 Å². The van der Waals surface area contributed by atoms with Crippen molar-refractivity contribution in [3.63, 3.8) is 0 Å². The van der Waals surface area contributed by atoms with Crippen LogP contribution in [0.2, 0.25) is 0 Å². The minimum Gasteiger partial charge on any atom is -0.317 e. The maximum Gasteiger partial charge on any atom is 0.328 e. The minimum absolute atomic E-state index is 0.203. The molecule has 19 heavy (non-hydrogen) atoms. The van der Waals surface area contributed by atoms with Crippen LogP contribution in [-0.2, 0) is 14.3 Å². The number of amides is 2. The van der Waals surface area contributed by atoms with Gasteiger partial charge in [-0.3, -0.25) is 0 Å². The number of hydrogen-bond acceptors (Lipinski definition) is 6. The van der Waals surface area contributed by atoms with Gasteiger partial charge in [-0.25, -0.2) is 13.9 Å². The van der Waals surface area contributed by atoms with Gasteiger partial charge >= 0.3 is 6.03 Å². The predicted molar refractivity (Wildman–Crippen MR) is 66.7 cm³/mol. The lowest BCUT2D eigenvalue weighted by Crippen LogP contribution is -2.43. The Morgan fingerprint density at radius 1 is 1.47 bits per heavy atom. The van der Waals surface area contributed by atoms with Gasteiger partial charge in [-0.2, -0.15) is 13.5 Å². The fraction of sp³-hybridized carbons (Fsp3) is 0.800. The Hall–Kier alpha value is -1.35. The van der Waals surface area contributed by atoms with E-state index in [1.165, 1.54) is 4.90 Å². The summed E-state index contributed by atoms with van der Waals surface area (Å²) in [5.41, 5.74) is 2.79. The van der Waals surface area contributed by atoms with E-state index in [0.29, 0.717) is 25.3 Å². The van der Waals surface area contributed by atoms with Crippen LogP contribution in [0.25, 0.3) is 0 Å². The summed E-state index contributed by atoms with van der Waals surface area (Å²) < 4.78 is 28.0. The Labute approximate surface area is 111 Å². The molecule has 0 saturated carbocycles. The van der Waals surface area contributed by atoms with Crippen molar-refractivity contribution in [1.82, 2.24) is 15.2 Å². The second kappa shape index (κ2) is 4.34. The third-order valence-electron chi connectivity index (χ3n) is 3.55. The third kappa shape index (κ3) is 2.16. The molecular weight excluding hydrogens is 272 g/mol. The number of urea groups is 1. The summed E-state index contributed by atoms with van der Waals surface area (Å²) in [5, 5.41) is 4.05. The zero-order valence-corrected chi connectivity index (χ0v) is 11.4. The Morgan fingerprint density at radius 2 is 2.26 bits per heavy atom. The molecule has 0 spiro atoms. The van der Waals surface area contributed by atoms with Gasteiger partial charge in [0.1, 0.15) is 5.84 Å². The number of hydrogen-bond donors (Lipinski definition) is 1. The van der Waals surface area contributed by atoms with Gasteiger partial charge in [0.15, 0.2) is 6.23 Å². The molecule has 2 saturated heterocycles. The van der Waals surface area contributed by atoms with E-state index in [0.717, 1.165) is 19.1 Å². The second-order valence-electron chi connectivity index (χ2n) is 4.93. The molecule has 2 amide bonds. The SMILES string of the molecule is CS(=O)(=O)OC1C2CCCN2C(=O)N1C1=NNCC1. The first-order valence-electron chi connectivity index (χ1n) is 6.25. The molecule has 2 fully saturated rings. The summed E-state index contributed by atoms with van der Waals surface area (Å²) >= 11 is 0. The summed E-state index contributed by atoms with van der Waals surface area (Å²) in [6, 6.07) is -0.413. The lowest BCUT2D eigenvalue weighted by molar-refractivity contribution is 0.104. The number of hydrazone groups is 1. The first-order valence-corrected chi connectivity index (χ1v) is 8.06. The van der Waals surface area contributed by atoms with E-state index in [2.05, 4.69) is 10.5 Å². The third-order valence-corrected chi connectivity index (χ3v) is 4.10. The first-order chi connectivity index (χ1) is 8.97. The summed E-state index contributed by atoms with van der Waals surface area (Å²) in [6.07, 6.45) is 2.43. The zero-order chi connectivity index (χ0) is 13.6. The maximum atomic E-state index is 12.3. The summed E-state index contributed by atoms with van der Waals surface area (Å²) in [4.78, 5) is 15.4. The first kappa shape index (κ1) is 12.7. The molecule has 3 aliphatic heterocycles. The number of carbonyl (C=O) groups is 1. The highest BCUT2D eigenvalue weighted by Gasteiger charge is 2.52. The molecule has 106 valence electrons. The molecule has 3 heterocycles. The molecule has 0 aromatic carbocycles. The molecule has 1 N–H and O–H groups in total. The van der Waals surface area contributed by atoms with Crippen LogP contribution in [0, 0.1) is 0 Å². The molecule has 0 aromatic rings. The average molecular weight is 288 g/mol. The van der Waals surface area contributed by atoms with Crippen LogP contribution in [0.4, 0.5) is 4.79 Å². The smallest absolute Gasteiger partial charge is 0.317 e. The standard InChI is InChI=1S/C10H16N4O4S/c1-19(16,17)18-9-7-3-2-6-13(7)10(15)14(9)8-4-5-11-12-8/h7,9,11H,2-6H2,1H3. The van der Waals surface area contributed by atoms with E-state index in [9.17, 15) is 13.2 Å². The van der Waals surface area contributed by atoms with Gasteiger partial charge in [-0.1, -0.05) is 0 Å². The van der Waals surface area contributed by atoms with E-state index in [1.807, 2.05) is 0 Å². The van der Waals surface area contributed by atoms with Gasteiger partial charge in [-0.15, -0.1) is 0 Å². The highest BCUT2D eigenvalue weighted by atomic mass is 32.2. The molecule has 0 radical (unpaired) electrons. The van der Waals surface area contributed by atoms with Gasteiger partial charge < -0.3 is 10.3 Å². The van der Waals surface area contributed by atoms with Crippen LogP contribution >= 0.6 is 0 Å². The van der Waals surface area contributed by atoms with Crippen LogP contribution in [0.5, 0.6) is 0 Å². The van der Waals surface area contributed by atoms with Crippen LogP contribution in [-0.4, -0.2) is 61.7 Å². The fourth-order valence-electron chi connectivity index (χ4n) is 2.83. The van der Waals surface area contributed by atoms with Gasteiger partial charge in [0.25, 0.3) is 10.1 Å². The molecule has 0 bridgehead atoms. The van der Waals surface area contributed by atoms with E-state index >= 15 is 0 Å². The number of fused-ring (bicyclic) bond motifs is 1. The van der Waals surface area contributed by atoms with E-state index in [-0.39, 0.29) is 12.1 Å². The molecule has 0 aromatic heterocycles. The Kier molecular flexibility index (Phi) is 2.90. The lowest BCUT2D eigenvalue weighted by Gasteiger charge is -2.23. The Bertz CT molecular complexity index is 532. The monoisotopic (exact) mass is 288 g/mol. The van der Waals surface area contributed by atoms with Gasteiger partial charge in [0.05, 0.1) is 12.3 Å². The van der Waals surface area contributed by atoms with Crippen molar-refractivity contribution in [2.24, 2.45) is 5.10 Å². The molecular formula is C10H16N4O4S. The van der Waals surface area contributed by atoms with Crippen LogP contribution < -0.4 is 5.43 Å². The second-order valence-corrected chi connectivity index (χ2v) is 6.53. The van der Waals surface area contributed by atoms with Crippen molar-refractivity contribution in [2.45, 2.75) is 31.5 Å². The number of amidine groups is 1. The molecule has 2 unspecified atom stereocenters. The van der Waals surface area contributed by atoms with Crippen molar-refractivity contribution in [3.8, 4) is 0 Å².